The summed E-state index contributed by atoms with van der Waals surface area (Å²) in [6.45, 7) is 3.84. The third-order valence-electron chi connectivity index (χ3n) is 3.13. The first-order chi connectivity index (χ1) is 9.06. The summed E-state index contributed by atoms with van der Waals surface area (Å²) in [5.41, 5.74) is 2.98. The molecular formula is C16H15ClO2. The van der Waals surface area contributed by atoms with Crippen molar-refractivity contribution in [3.63, 3.8) is 0 Å². The lowest BCUT2D eigenvalue weighted by Crippen LogP contribution is -2.08. The maximum absolute atomic E-state index is 12.7. The monoisotopic (exact) mass is 274 g/mol. The molecule has 0 saturated heterocycles. The number of hydrogen-bond donors (Lipinski definition) is 0. The number of halogens is 1. The van der Waals surface area contributed by atoms with E-state index in [9.17, 15) is 4.79 Å². The molecule has 0 atom stereocenters. The molecule has 3 heteroatoms. The first kappa shape index (κ1) is 13.6. The number of rotatable bonds is 3. The van der Waals surface area contributed by atoms with Crippen molar-refractivity contribution < 1.29 is 9.53 Å². The van der Waals surface area contributed by atoms with Gasteiger partial charge in [0, 0.05) is 5.56 Å². The van der Waals surface area contributed by atoms with E-state index in [2.05, 4.69) is 0 Å². The summed E-state index contributed by atoms with van der Waals surface area (Å²) in [6, 6.07) is 11.0. The molecule has 2 aromatic carbocycles. The van der Waals surface area contributed by atoms with Crippen LogP contribution in [0.5, 0.6) is 5.75 Å². The van der Waals surface area contributed by atoms with Crippen LogP contribution < -0.4 is 4.74 Å². The van der Waals surface area contributed by atoms with Crippen molar-refractivity contribution >= 4 is 17.4 Å². The molecule has 0 bridgehead atoms. The second-order valence-electron chi connectivity index (χ2n) is 4.41. The quantitative estimate of drug-likeness (QED) is 0.784. The van der Waals surface area contributed by atoms with Crippen LogP contribution in [-0.2, 0) is 0 Å². The Bertz CT molecular complexity index is 612. The normalized spacial score (nSPS) is 10.3. The van der Waals surface area contributed by atoms with Crippen molar-refractivity contribution in [3.05, 3.63) is 63.7 Å². The van der Waals surface area contributed by atoms with Gasteiger partial charge in [-0.15, -0.1) is 0 Å². The topological polar surface area (TPSA) is 26.3 Å². The third kappa shape index (κ3) is 2.49. The molecule has 2 rings (SSSR count). The number of hydrogen-bond acceptors (Lipinski definition) is 2. The maximum Gasteiger partial charge on any atom is 0.198 e. The summed E-state index contributed by atoms with van der Waals surface area (Å²) in [5.74, 6) is 0.401. The van der Waals surface area contributed by atoms with E-state index in [1.165, 1.54) is 7.11 Å². The van der Waals surface area contributed by atoms with Crippen molar-refractivity contribution in [2.45, 2.75) is 13.8 Å². The minimum atomic E-state index is -0.0990. The zero-order valence-electron chi connectivity index (χ0n) is 11.2. The van der Waals surface area contributed by atoms with E-state index in [0.717, 1.165) is 11.1 Å². The van der Waals surface area contributed by atoms with Gasteiger partial charge in [-0.1, -0.05) is 35.9 Å². The van der Waals surface area contributed by atoms with Crippen LogP contribution in [0.1, 0.15) is 27.0 Å². The van der Waals surface area contributed by atoms with Gasteiger partial charge >= 0.3 is 0 Å². The van der Waals surface area contributed by atoms with Crippen molar-refractivity contribution in [2.24, 2.45) is 0 Å². The molecule has 0 heterocycles. The number of benzene rings is 2. The SMILES string of the molecule is COc1cccc(Cl)c1C(=O)c1c(C)cccc1C. The van der Waals surface area contributed by atoms with E-state index in [0.29, 0.717) is 21.9 Å². The van der Waals surface area contributed by atoms with Gasteiger partial charge in [-0.05, 0) is 37.1 Å². The number of carbonyl (C=O) groups is 1. The molecule has 0 aliphatic heterocycles. The Morgan fingerprint density at radius 3 is 2.16 bits per heavy atom. The Morgan fingerprint density at radius 1 is 1.00 bits per heavy atom. The van der Waals surface area contributed by atoms with Crippen molar-refractivity contribution in [3.8, 4) is 5.75 Å². The predicted molar refractivity (Wildman–Crippen MR) is 77.4 cm³/mol. The fraction of sp³-hybridized carbons (Fsp3) is 0.188. The zero-order chi connectivity index (χ0) is 14.0. The fourth-order valence-electron chi connectivity index (χ4n) is 2.19. The summed E-state index contributed by atoms with van der Waals surface area (Å²) in [4.78, 5) is 12.7. The minimum Gasteiger partial charge on any atom is -0.496 e. The number of carbonyl (C=O) groups excluding carboxylic acids is 1. The van der Waals surface area contributed by atoms with Gasteiger partial charge < -0.3 is 4.74 Å². The third-order valence-corrected chi connectivity index (χ3v) is 3.45. The Balaban J connectivity index is 2.63. The van der Waals surface area contributed by atoms with Gasteiger partial charge in [0.1, 0.15) is 5.75 Å². The Morgan fingerprint density at radius 2 is 1.58 bits per heavy atom. The van der Waals surface area contributed by atoms with Crippen LogP contribution in [0, 0.1) is 13.8 Å². The Hall–Kier alpha value is -1.80. The van der Waals surface area contributed by atoms with E-state index >= 15 is 0 Å². The van der Waals surface area contributed by atoms with Crippen LogP contribution in [0.15, 0.2) is 36.4 Å². The minimum absolute atomic E-state index is 0.0990. The van der Waals surface area contributed by atoms with Gasteiger partial charge in [0.2, 0.25) is 0 Å². The summed E-state index contributed by atoms with van der Waals surface area (Å²) in [5, 5.41) is 0.409. The van der Waals surface area contributed by atoms with Crippen LogP contribution in [0.2, 0.25) is 5.02 Å². The molecular weight excluding hydrogens is 260 g/mol. The van der Waals surface area contributed by atoms with Crippen LogP contribution in [0.25, 0.3) is 0 Å². The lowest BCUT2D eigenvalue weighted by atomic mass is 9.94. The van der Waals surface area contributed by atoms with Crippen molar-refractivity contribution in [1.29, 1.82) is 0 Å². The molecule has 0 aliphatic rings. The zero-order valence-corrected chi connectivity index (χ0v) is 11.9. The molecule has 0 aromatic heterocycles. The number of ether oxygens (including phenoxy) is 1. The average Bonchev–Trinajstić information content (AvgIpc) is 2.37. The molecule has 19 heavy (non-hydrogen) atoms. The highest BCUT2D eigenvalue weighted by Gasteiger charge is 2.20. The van der Waals surface area contributed by atoms with Gasteiger partial charge in [0.05, 0.1) is 17.7 Å². The molecule has 0 unspecified atom stereocenters. The van der Waals surface area contributed by atoms with Gasteiger partial charge in [-0.25, -0.2) is 0 Å². The Labute approximate surface area is 118 Å². The molecule has 0 N–H and O–H groups in total. The number of ketones is 1. The smallest absolute Gasteiger partial charge is 0.198 e. The highest BCUT2D eigenvalue weighted by atomic mass is 35.5. The van der Waals surface area contributed by atoms with E-state index in [-0.39, 0.29) is 5.78 Å². The van der Waals surface area contributed by atoms with Crippen LogP contribution >= 0.6 is 11.6 Å². The van der Waals surface area contributed by atoms with E-state index in [1.807, 2.05) is 32.0 Å². The van der Waals surface area contributed by atoms with Crippen LogP contribution in [-0.4, -0.2) is 12.9 Å². The molecule has 0 amide bonds. The Kier molecular flexibility index (Phi) is 3.91. The molecule has 0 radical (unpaired) electrons. The first-order valence-electron chi connectivity index (χ1n) is 5.99. The first-order valence-corrected chi connectivity index (χ1v) is 6.37. The second-order valence-corrected chi connectivity index (χ2v) is 4.82. The summed E-state index contributed by atoms with van der Waals surface area (Å²) >= 11 is 6.16. The van der Waals surface area contributed by atoms with Gasteiger partial charge in [-0.3, -0.25) is 4.79 Å². The molecule has 2 aromatic rings. The van der Waals surface area contributed by atoms with Gasteiger partial charge in [0.25, 0.3) is 0 Å². The second kappa shape index (κ2) is 5.45. The predicted octanol–water partition coefficient (Wildman–Crippen LogP) is 4.20. The van der Waals surface area contributed by atoms with E-state index in [4.69, 9.17) is 16.3 Å². The van der Waals surface area contributed by atoms with E-state index < -0.39 is 0 Å². The molecule has 0 saturated carbocycles. The highest BCUT2D eigenvalue weighted by molar-refractivity contribution is 6.35. The number of methoxy groups -OCH3 is 1. The standard InChI is InChI=1S/C16H15ClO2/c1-10-6-4-7-11(2)14(10)16(18)15-12(17)8-5-9-13(15)19-3/h4-9H,1-3H3. The lowest BCUT2D eigenvalue weighted by molar-refractivity contribution is 0.103. The molecule has 0 spiro atoms. The van der Waals surface area contributed by atoms with Crippen LogP contribution in [0.3, 0.4) is 0 Å². The highest BCUT2D eigenvalue weighted by Crippen LogP contribution is 2.30. The summed E-state index contributed by atoms with van der Waals surface area (Å²) in [7, 11) is 1.53. The summed E-state index contributed by atoms with van der Waals surface area (Å²) in [6.07, 6.45) is 0. The largest absolute Gasteiger partial charge is 0.496 e. The van der Waals surface area contributed by atoms with Gasteiger partial charge in [0.15, 0.2) is 5.78 Å². The van der Waals surface area contributed by atoms with Crippen LogP contribution in [0.4, 0.5) is 0 Å². The molecule has 2 nitrogen and oxygen atoms in total. The molecule has 0 fully saturated rings. The van der Waals surface area contributed by atoms with Crippen molar-refractivity contribution in [1.82, 2.24) is 0 Å². The molecule has 98 valence electrons. The van der Waals surface area contributed by atoms with E-state index in [1.54, 1.807) is 18.2 Å². The van der Waals surface area contributed by atoms with Gasteiger partial charge in [-0.2, -0.15) is 0 Å². The summed E-state index contributed by atoms with van der Waals surface area (Å²) < 4.78 is 5.24. The maximum atomic E-state index is 12.7. The lowest BCUT2D eigenvalue weighted by Gasteiger charge is -2.12. The average molecular weight is 275 g/mol. The number of aryl methyl sites for hydroxylation is 2. The molecule has 0 aliphatic carbocycles. The fourth-order valence-corrected chi connectivity index (χ4v) is 2.44. The van der Waals surface area contributed by atoms with Crippen molar-refractivity contribution in [2.75, 3.05) is 7.11 Å².